The molecule has 0 rings (SSSR count). The molecule has 2 nitrogen and oxygen atoms in total. The molecule has 0 unspecified atom stereocenters. The van der Waals surface area contributed by atoms with Crippen LogP contribution in [0.2, 0.25) is 18.1 Å². The molecular formula is C25H50O2Si. The summed E-state index contributed by atoms with van der Waals surface area (Å²) in [7, 11) is -1.85. The summed E-state index contributed by atoms with van der Waals surface area (Å²) in [6, 6.07) is 0. The van der Waals surface area contributed by atoms with Gasteiger partial charge in [-0.15, -0.1) is 0 Å². The molecule has 0 aliphatic heterocycles. The number of unbranched alkanes of at least 4 members (excludes halogenated alkanes) is 7. The van der Waals surface area contributed by atoms with Gasteiger partial charge >= 0.3 is 0 Å². The van der Waals surface area contributed by atoms with Crippen LogP contribution >= 0.6 is 0 Å². The SMILES string of the molecule is CCCCCCCCCC[C@H](C)[C@@H](O[Si](C)(C)C(C)(C)C)[C@@H](C)/C=C(\C)C=O. The second-order valence-electron chi connectivity index (χ2n) is 10.5. The minimum absolute atomic E-state index is 0.195. The van der Waals surface area contributed by atoms with Crippen molar-refractivity contribution >= 4 is 14.6 Å². The molecule has 0 aromatic carbocycles. The first-order valence-corrected chi connectivity index (χ1v) is 14.7. The van der Waals surface area contributed by atoms with E-state index in [1.165, 1.54) is 57.8 Å². The molecule has 0 heterocycles. The third-order valence-corrected chi connectivity index (χ3v) is 11.0. The molecule has 0 fully saturated rings. The molecule has 166 valence electrons. The van der Waals surface area contributed by atoms with Gasteiger partial charge in [-0.2, -0.15) is 0 Å². The Labute approximate surface area is 178 Å². The fourth-order valence-corrected chi connectivity index (χ4v) is 5.05. The number of rotatable bonds is 15. The molecule has 28 heavy (non-hydrogen) atoms. The third-order valence-electron chi connectivity index (χ3n) is 6.54. The number of hydrogen-bond acceptors (Lipinski definition) is 2. The Kier molecular flexibility index (Phi) is 13.5. The van der Waals surface area contributed by atoms with E-state index >= 15 is 0 Å². The Morgan fingerprint density at radius 3 is 1.93 bits per heavy atom. The zero-order valence-corrected chi connectivity index (χ0v) is 21.6. The molecule has 0 N–H and O–H groups in total. The number of allylic oxidation sites excluding steroid dienone is 1. The van der Waals surface area contributed by atoms with Crippen LogP contribution in [0, 0.1) is 11.8 Å². The third kappa shape index (κ3) is 10.9. The van der Waals surface area contributed by atoms with Crippen molar-refractivity contribution in [1.29, 1.82) is 0 Å². The maximum Gasteiger partial charge on any atom is 0.192 e. The Bertz CT molecular complexity index is 448. The summed E-state index contributed by atoms with van der Waals surface area (Å²) in [5, 5.41) is 0.201. The van der Waals surface area contributed by atoms with Crippen LogP contribution in [-0.2, 0) is 9.22 Å². The maximum absolute atomic E-state index is 11.1. The number of aldehydes is 1. The van der Waals surface area contributed by atoms with Crippen LogP contribution in [0.4, 0.5) is 0 Å². The normalized spacial score (nSPS) is 16.7. The quantitative estimate of drug-likeness (QED) is 0.117. The molecule has 0 radical (unpaired) electrons. The van der Waals surface area contributed by atoms with Crippen molar-refractivity contribution in [2.24, 2.45) is 11.8 Å². The number of carbonyl (C=O) groups excluding carboxylic acids is 1. The summed E-state index contributed by atoms with van der Waals surface area (Å²) in [4.78, 5) is 11.1. The first-order valence-electron chi connectivity index (χ1n) is 11.8. The highest BCUT2D eigenvalue weighted by molar-refractivity contribution is 6.74. The number of hydrogen-bond donors (Lipinski definition) is 0. The zero-order chi connectivity index (χ0) is 21.8. The Morgan fingerprint density at radius 1 is 0.964 bits per heavy atom. The molecule has 0 aliphatic rings. The van der Waals surface area contributed by atoms with Crippen LogP contribution in [0.5, 0.6) is 0 Å². The van der Waals surface area contributed by atoms with Gasteiger partial charge in [0, 0.05) is 0 Å². The van der Waals surface area contributed by atoms with E-state index < -0.39 is 8.32 Å². The van der Waals surface area contributed by atoms with Gasteiger partial charge in [-0.3, -0.25) is 4.79 Å². The van der Waals surface area contributed by atoms with Gasteiger partial charge in [-0.25, -0.2) is 0 Å². The minimum Gasteiger partial charge on any atom is -0.413 e. The summed E-state index contributed by atoms with van der Waals surface area (Å²) in [5.74, 6) is 0.781. The van der Waals surface area contributed by atoms with Gasteiger partial charge in [-0.1, -0.05) is 99.0 Å². The highest BCUT2D eigenvalue weighted by Crippen LogP contribution is 2.40. The van der Waals surface area contributed by atoms with Crippen LogP contribution in [0.25, 0.3) is 0 Å². The molecule has 0 amide bonds. The van der Waals surface area contributed by atoms with Gasteiger partial charge in [-0.05, 0) is 48.9 Å². The van der Waals surface area contributed by atoms with E-state index in [2.05, 4.69) is 60.7 Å². The topological polar surface area (TPSA) is 26.3 Å². The lowest BCUT2D eigenvalue weighted by Crippen LogP contribution is -2.47. The summed E-state index contributed by atoms with van der Waals surface area (Å²) in [6.07, 6.45) is 15.3. The maximum atomic E-state index is 11.1. The average Bonchev–Trinajstić information content (AvgIpc) is 2.60. The first kappa shape index (κ1) is 27.6. The molecule has 0 bridgehead atoms. The van der Waals surface area contributed by atoms with E-state index in [9.17, 15) is 4.79 Å². The predicted molar refractivity (Wildman–Crippen MR) is 127 cm³/mol. The van der Waals surface area contributed by atoms with Gasteiger partial charge in [0.2, 0.25) is 0 Å². The smallest absolute Gasteiger partial charge is 0.192 e. The molecule has 0 saturated heterocycles. The van der Waals surface area contributed by atoms with Crippen LogP contribution in [-0.4, -0.2) is 20.7 Å². The van der Waals surface area contributed by atoms with Crippen molar-refractivity contribution in [2.75, 3.05) is 0 Å². The van der Waals surface area contributed by atoms with Crippen LogP contribution in [0.3, 0.4) is 0 Å². The highest BCUT2D eigenvalue weighted by atomic mass is 28.4. The zero-order valence-electron chi connectivity index (χ0n) is 20.6. The van der Waals surface area contributed by atoms with Crippen LogP contribution < -0.4 is 0 Å². The summed E-state index contributed by atoms with van der Waals surface area (Å²) >= 11 is 0. The molecule has 0 spiro atoms. The van der Waals surface area contributed by atoms with Gasteiger partial charge < -0.3 is 4.43 Å². The van der Waals surface area contributed by atoms with E-state index in [-0.39, 0.29) is 17.1 Å². The average molecular weight is 411 g/mol. The molecule has 0 aromatic heterocycles. The predicted octanol–water partition coefficient (Wildman–Crippen LogP) is 8.33. The van der Waals surface area contributed by atoms with Crippen molar-refractivity contribution in [1.82, 2.24) is 0 Å². The minimum atomic E-state index is -1.85. The fraction of sp³-hybridized carbons (Fsp3) is 0.880. The molecule has 0 aromatic rings. The van der Waals surface area contributed by atoms with Crippen molar-refractivity contribution in [3.05, 3.63) is 11.6 Å². The second kappa shape index (κ2) is 13.7. The van der Waals surface area contributed by atoms with Gasteiger partial charge in [0.05, 0.1) is 6.10 Å². The standard InChI is InChI=1S/C25H50O2Si/c1-10-11-12-13-14-15-16-17-18-22(3)24(23(4)19-21(2)20-26)27-28(8,9)25(5,6)7/h19-20,22-24H,10-18H2,1-9H3/b21-19+/t22-,23-,24+/m0/s1. The highest BCUT2D eigenvalue weighted by Gasteiger charge is 2.41. The van der Waals surface area contributed by atoms with E-state index in [1.807, 2.05) is 6.92 Å². The van der Waals surface area contributed by atoms with Crippen molar-refractivity contribution in [2.45, 2.75) is 130 Å². The Hall–Kier alpha value is -0.413. The number of carbonyl (C=O) groups is 1. The van der Waals surface area contributed by atoms with E-state index in [0.29, 0.717) is 5.92 Å². The molecule has 3 heteroatoms. The largest absolute Gasteiger partial charge is 0.413 e. The van der Waals surface area contributed by atoms with Crippen molar-refractivity contribution in [3.63, 3.8) is 0 Å². The van der Waals surface area contributed by atoms with Crippen molar-refractivity contribution in [3.8, 4) is 0 Å². The fourth-order valence-electron chi connectivity index (χ4n) is 3.57. The lowest BCUT2D eigenvalue weighted by molar-refractivity contribution is -0.104. The van der Waals surface area contributed by atoms with Gasteiger partial charge in [0.25, 0.3) is 0 Å². The monoisotopic (exact) mass is 410 g/mol. The molecular weight excluding hydrogens is 360 g/mol. The molecule has 3 atom stereocenters. The van der Waals surface area contributed by atoms with E-state index in [4.69, 9.17) is 4.43 Å². The van der Waals surface area contributed by atoms with E-state index in [0.717, 1.165) is 11.9 Å². The Morgan fingerprint density at radius 2 is 1.46 bits per heavy atom. The first-order chi connectivity index (χ1) is 13.0. The summed E-state index contributed by atoms with van der Waals surface area (Å²) in [6.45, 7) is 20.3. The molecule has 0 saturated carbocycles. The van der Waals surface area contributed by atoms with Crippen LogP contribution in [0.1, 0.15) is 106 Å². The lowest BCUT2D eigenvalue weighted by Gasteiger charge is -2.42. The van der Waals surface area contributed by atoms with Gasteiger partial charge in [0.1, 0.15) is 6.29 Å². The van der Waals surface area contributed by atoms with E-state index in [1.54, 1.807) is 0 Å². The summed E-state index contributed by atoms with van der Waals surface area (Å²) < 4.78 is 6.87. The van der Waals surface area contributed by atoms with Crippen molar-refractivity contribution < 1.29 is 9.22 Å². The lowest BCUT2D eigenvalue weighted by atomic mass is 9.88. The summed E-state index contributed by atoms with van der Waals surface area (Å²) in [5.41, 5.74) is 0.815. The second-order valence-corrected chi connectivity index (χ2v) is 15.2. The Balaban J connectivity index is 4.80. The molecule has 0 aliphatic carbocycles. The van der Waals surface area contributed by atoms with Crippen LogP contribution in [0.15, 0.2) is 11.6 Å². The van der Waals surface area contributed by atoms with Gasteiger partial charge in [0.15, 0.2) is 8.32 Å².